The maximum Gasteiger partial charge on any atom is 0.252 e. The minimum absolute atomic E-state index is 0.150. The zero-order chi connectivity index (χ0) is 21.0. The number of nitrogens with one attached hydrogen (secondary N) is 1. The van der Waals surface area contributed by atoms with E-state index in [1.807, 2.05) is 61.5 Å². The van der Waals surface area contributed by atoms with Crippen LogP contribution in [0.15, 0.2) is 83.8 Å². The van der Waals surface area contributed by atoms with Crippen LogP contribution in [0.1, 0.15) is 33.1 Å². The van der Waals surface area contributed by atoms with E-state index in [9.17, 15) is 13.2 Å². The van der Waals surface area contributed by atoms with E-state index in [0.29, 0.717) is 5.56 Å². The molecule has 0 fully saturated rings. The van der Waals surface area contributed by atoms with Gasteiger partial charge in [-0.15, -0.1) is 0 Å². The average Bonchev–Trinajstić information content (AvgIpc) is 2.73. The summed E-state index contributed by atoms with van der Waals surface area (Å²) in [5, 5.41) is 3.07. The fourth-order valence-electron chi connectivity index (χ4n) is 2.97. The molecule has 1 atom stereocenters. The van der Waals surface area contributed by atoms with Crippen LogP contribution in [0.25, 0.3) is 0 Å². The number of sulfonamides is 1. The largest absolute Gasteiger partial charge is 0.341 e. The summed E-state index contributed by atoms with van der Waals surface area (Å²) in [7, 11) is -0.582. The van der Waals surface area contributed by atoms with Crippen molar-refractivity contribution in [2.24, 2.45) is 0 Å². The summed E-state index contributed by atoms with van der Waals surface area (Å²) in [4.78, 5) is 13.0. The Labute approximate surface area is 172 Å². The molecule has 0 saturated carbocycles. The van der Waals surface area contributed by atoms with Gasteiger partial charge in [-0.1, -0.05) is 60.2 Å². The van der Waals surface area contributed by atoms with Gasteiger partial charge < -0.3 is 5.32 Å². The SMILES string of the molecule is Cc1ccc(C(NC(=O)c2ccc(S(=O)(=O)N(C)C)cc2)c2ccccc2)cc1. The number of hydrogen-bond acceptors (Lipinski definition) is 3. The maximum atomic E-state index is 12.9. The van der Waals surface area contributed by atoms with E-state index in [4.69, 9.17) is 0 Å². The Morgan fingerprint density at radius 3 is 1.93 bits per heavy atom. The van der Waals surface area contributed by atoms with Crippen molar-refractivity contribution >= 4 is 15.9 Å². The monoisotopic (exact) mass is 408 g/mol. The molecule has 1 unspecified atom stereocenters. The summed E-state index contributed by atoms with van der Waals surface area (Å²) >= 11 is 0. The van der Waals surface area contributed by atoms with Crippen LogP contribution < -0.4 is 5.32 Å². The molecule has 0 aromatic heterocycles. The normalized spacial score (nSPS) is 12.6. The number of benzene rings is 3. The predicted octanol–water partition coefficient (Wildman–Crippen LogP) is 3.76. The molecule has 0 radical (unpaired) electrons. The summed E-state index contributed by atoms with van der Waals surface area (Å²) in [5.41, 5.74) is 3.48. The standard InChI is InChI=1S/C23H24N2O3S/c1-17-9-11-19(12-10-17)22(18-7-5-4-6-8-18)24-23(26)20-13-15-21(16-14-20)29(27,28)25(2)3/h4-16,22H,1-3H3,(H,24,26). The molecule has 0 spiro atoms. The number of carbonyl (C=O) groups excluding carboxylic acids is 1. The Balaban J connectivity index is 1.88. The second kappa shape index (κ2) is 8.59. The van der Waals surface area contributed by atoms with Crippen molar-refractivity contribution in [2.75, 3.05) is 14.1 Å². The molecule has 0 aliphatic carbocycles. The lowest BCUT2D eigenvalue weighted by Crippen LogP contribution is -2.29. The molecule has 3 aromatic rings. The first-order valence-corrected chi connectivity index (χ1v) is 10.7. The van der Waals surface area contributed by atoms with Crippen LogP contribution in [-0.2, 0) is 10.0 Å². The van der Waals surface area contributed by atoms with Crippen LogP contribution >= 0.6 is 0 Å². The Bertz CT molecular complexity index is 1080. The molecular formula is C23H24N2O3S. The highest BCUT2D eigenvalue weighted by molar-refractivity contribution is 7.89. The topological polar surface area (TPSA) is 66.5 Å². The van der Waals surface area contributed by atoms with Crippen LogP contribution in [0.4, 0.5) is 0 Å². The van der Waals surface area contributed by atoms with Crippen LogP contribution in [0, 0.1) is 6.92 Å². The first-order chi connectivity index (χ1) is 13.8. The van der Waals surface area contributed by atoms with Gasteiger partial charge in [0.05, 0.1) is 10.9 Å². The maximum absolute atomic E-state index is 12.9. The first-order valence-electron chi connectivity index (χ1n) is 9.24. The van der Waals surface area contributed by atoms with Crippen molar-refractivity contribution < 1.29 is 13.2 Å². The fraction of sp³-hybridized carbons (Fsp3) is 0.174. The van der Waals surface area contributed by atoms with Gasteiger partial charge in [0, 0.05) is 19.7 Å². The van der Waals surface area contributed by atoms with Crippen molar-refractivity contribution in [3.8, 4) is 0 Å². The molecule has 5 nitrogen and oxygen atoms in total. The average molecular weight is 409 g/mol. The second-order valence-electron chi connectivity index (χ2n) is 7.04. The van der Waals surface area contributed by atoms with Crippen LogP contribution in [-0.4, -0.2) is 32.7 Å². The highest BCUT2D eigenvalue weighted by Crippen LogP contribution is 2.23. The predicted molar refractivity (Wildman–Crippen MR) is 114 cm³/mol. The lowest BCUT2D eigenvalue weighted by atomic mass is 9.97. The van der Waals surface area contributed by atoms with Crippen molar-refractivity contribution in [3.63, 3.8) is 0 Å². The number of carbonyl (C=O) groups is 1. The van der Waals surface area contributed by atoms with Crippen LogP contribution in [0.5, 0.6) is 0 Å². The van der Waals surface area contributed by atoms with Crippen molar-refractivity contribution in [2.45, 2.75) is 17.9 Å². The molecule has 0 aliphatic rings. The number of nitrogens with zero attached hydrogens (tertiary/aromatic N) is 1. The van der Waals surface area contributed by atoms with E-state index in [1.54, 1.807) is 0 Å². The summed E-state index contributed by atoms with van der Waals surface area (Å²) in [6.45, 7) is 2.02. The fourth-order valence-corrected chi connectivity index (χ4v) is 3.87. The molecule has 29 heavy (non-hydrogen) atoms. The van der Waals surface area contributed by atoms with E-state index in [-0.39, 0.29) is 16.8 Å². The molecule has 3 rings (SSSR count). The van der Waals surface area contributed by atoms with E-state index >= 15 is 0 Å². The van der Waals surface area contributed by atoms with Gasteiger partial charge in [-0.25, -0.2) is 12.7 Å². The lowest BCUT2D eigenvalue weighted by molar-refractivity contribution is 0.0943. The van der Waals surface area contributed by atoms with E-state index in [0.717, 1.165) is 21.0 Å². The molecule has 0 bridgehead atoms. The van der Waals surface area contributed by atoms with Gasteiger partial charge >= 0.3 is 0 Å². The Kier molecular flexibility index (Phi) is 6.15. The van der Waals surface area contributed by atoms with E-state index in [2.05, 4.69) is 5.32 Å². The number of rotatable bonds is 6. The molecule has 1 amide bonds. The molecule has 0 saturated heterocycles. The molecule has 0 aliphatic heterocycles. The number of amides is 1. The van der Waals surface area contributed by atoms with Gasteiger partial charge in [-0.3, -0.25) is 4.79 Å². The van der Waals surface area contributed by atoms with E-state index in [1.165, 1.54) is 38.4 Å². The third kappa shape index (κ3) is 4.72. The van der Waals surface area contributed by atoms with Crippen molar-refractivity contribution in [3.05, 3.63) is 101 Å². The minimum atomic E-state index is -3.53. The molecular weight excluding hydrogens is 384 g/mol. The smallest absolute Gasteiger partial charge is 0.252 e. The summed E-state index contributed by atoms with van der Waals surface area (Å²) in [5.74, 6) is -0.270. The third-order valence-corrected chi connectivity index (χ3v) is 6.54. The lowest BCUT2D eigenvalue weighted by Gasteiger charge is -2.20. The van der Waals surface area contributed by atoms with Gasteiger partial charge in [0.15, 0.2) is 0 Å². The third-order valence-electron chi connectivity index (χ3n) is 4.71. The van der Waals surface area contributed by atoms with Crippen molar-refractivity contribution in [1.29, 1.82) is 0 Å². The van der Waals surface area contributed by atoms with Gasteiger partial charge in [-0.05, 0) is 42.3 Å². The van der Waals surface area contributed by atoms with Crippen molar-refractivity contribution in [1.82, 2.24) is 9.62 Å². The van der Waals surface area contributed by atoms with Crippen LogP contribution in [0.3, 0.4) is 0 Å². The Hall–Kier alpha value is -2.96. The summed E-state index contributed by atoms with van der Waals surface area (Å²) < 4.78 is 25.6. The quantitative estimate of drug-likeness (QED) is 0.675. The summed E-state index contributed by atoms with van der Waals surface area (Å²) in [6.07, 6.45) is 0. The molecule has 0 heterocycles. The molecule has 150 valence electrons. The van der Waals surface area contributed by atoms with Gasteiger partial charge in [0.2, 0.25) is 10.0 Å². The number of hydrogen-bond donors (Lipinski definition) is 1. The Morgan fingerprint density at radius 2 is 1.38 bits per heavy atom. The van der Waals surface area contributed by atoms with Gasteiger partial charge in [0.25, 0.3) is 5.91 Å². The van der Waals surface area contributed by atoms with Gasteiger partial charge in [0.1, 0.15) is 0 Å². The second-order valence-corrected chi connectivity index (χ2v) is 9.19. The van der Waals surface area contributed by atoms with Crippen LogP contribution in [0.2, 0.25) is 0 Å². The highest BCUT2D eigenvalue weighted by atomic mass is 32.2. The molecule has 6 heteroatoms. The van der Waals surface area contributed by atoms with E-state index < -0.39 is 10.0 Å². The number of aryl methyl sites for hydroxylation is 1. The first kappa shape index (κ1) is 20.8. The molecule has 1 N–H and O–H groups in total. The zero-order valence-corrected chi connectivity index (χ0v) is 17.5. The highest BCUT2D eigenvalue weighted by Gasteiger charge is 2.20. The summed E-state index contributed by atoms with van der Waals surface area (Å²) in [6, 6.07) is 23.4. The molecule has 3 aromatic carbocycles. The Morgan fingerprint density at radius 1 is 0.828 bits per heavy atom. The van der Waals surface area contributed by atoms with Gasteiger partial charge in [-0.2, -0.15) is 0 Å². The minimum Gasteiger partial charge on any atom is -0.341 e. The zero-order valence-electron chi connectivity index (χ0n) is 16.7.